The van der Waals surface area contributed by atoms with E-state index in [9.17, 15) is 0 Å². The summed E-state index contributed by atoms with van der Waals surface area (Å²) in [5, 5.41) is 3.76. The molecule has 1 aliphatic rings. The van der Waals surface area contributed by atoms with Crippen LogP contribution in [0.4, 0.5) is 5.82 Å². The number of pyridine rings is 1. The van der Waals surface area contributed by atoms with Crippen molar-refractivity contribution >= 4 is 33.1 Å². The maximum atomic E-state index is 4.44. The van der Waals surface area contributed by atoms with Crippen LogP contribution in [-0.2, 0) is 0 Å². The molecule has 3 rings (SSSR count). The molecule has 0 spiro atoms. The maximum Gasteiger partial charge on any atom is 0.128 e. The number of hydrogen-bond donors (Lipinski definition) is 1. The van der Waals surface area contributed by atoms with Crippen LogP contribution in [0, 0.1) is 0 Å². The van der Waals surface area contributed by atoms with E-state index in [1.807, 2.05) is 23.6 Å². The Bertz CT molecular complexity index is 564. The van der Waals surface area contributed by atoms with E-state index >= 15 is 0 Å². The largest absolute Gasteiger partial charge is 0.357 e. The molecule has 1 aliphatic heterocycles. The third kappa shape index (κ3) is 3.84. The average Bonchev–Trinajstić information content (AvgIpc) is 2.96. The monoisotopic (exact) mass is 365 g/mol. The van der Waals surface area contributed by atoms with E-state index in [0.717, 1.165) is 18.9 Å². The molecule has 0 radical (unpaired) electrons. The Kier molecular flexibility index (Phi) is 4.93. The molecule has 3 heterocycles. The van der Waals surface area contributed by atoms with Crippen molar-refractivity contribution in [2.45, 2.75) is 31.8 Å². The number of piperidine rings is 1. The molecule has 21 heavy (non-hydrogen) atoms. The van der Waals surface area contributed by atoms with Crippen molar-refractivity contribution in [3.63, 3.8) is 0 Å². The van der Waals surface area contributed by atoms with Crippen LogP contribution in [0.15, 0.2) is 40.3 Å². The second-order valence-corrected chi connectivity index (χ2v) is 7.97. The van der Waals surface area contributed by atoms with Gasteiger partial charge >= 0.3 is 0 Å². The lowest BCUT2D eigenvalue weighted by atomic mass is 10.0. The average molecular weight is 366 g/mol. The SMILES string of the molecule is CC(NC1CCN(c2ccccn2)CC1)c1ccc(Br)s1. The Labute approximate surface area is 138 Å². The number of anilines is 1. The summed E-state index contributed by atoms with van der Waals surface area (Å²) in [5.74, 6) is 1.10. The van der Waals surface area contributed by atoms with Gasteiger partial charge in [0, 0.05) is 36.2 Å². The Morgan fingerprint density at radius 3 is 2.71 bits per heavy atom. The van der Waals surface area contributed by atoms with Gasteiger partial charge in [0.2, 0.25) is 0 Å². The van der Waals surface area contributed by atoms with E-state index in [-0.39, 0.29) is 0 Å². The van der Waals surface area contributed by atoms with Gasteiger partial charge in [-0.3, -0.25) is 0 Å². The molecule has 0 bridgehead atoms. The topological polar surface area (TPSA) is 28.2 Å². The summed E-state index contributed by atoms with van der Waals surface area (Å²) in [6.45, 7) is 4.41. The van der Waals surface area contributed by atoms with Crippen LogP contribution in [0.2, 0.25) is 0 Å². The number of aromatic nitrogens is 1. The van der Waals surface area contributed by atoms with Gasteiger partial charge in [-0.25, -0.2) is 4.98 Å². The quantitative estimate of drug-likeness (QED) is 0.878. The molecule has 112 valence electrons. The second kappa shape index (κ2) is 6.90. The highest BCUT2D eigenvalue weighted by Crippen LogP contribution is 2.28. The Morgan fingerprint density at radius 1 is 1.29 bits per heavy atom. The van der Waals surface area contributed by atoms with Crippen LogP contribution >= 0.6 is 27.3 Å². The zero-order chi connectivity index (χ0) is 14.7. The van der Waals surface area contributed by atoms with Crippen LogP contribution in [0.5, 0.6) is 0 Å². The van der Waals surface area contributed by atoms with Crippen LogP contribution < -0.4 is 10.2 Å². The van der Waals surface area contributed by atoms with Gasteiger partial charge in [0.25, 0.3) is 0 Å². The molecule has 1 unspecified atom stereocenters. The number of rotatable bonds is 4. The fraction of sp³-hybridized carbons (Fsp3) is 0.438. The van der Waals surface area contributed by atoms with Gasteiger partial charge in [0.1, 0.15) is 5.82 Å². The summed E-state index contributed by atoms with van der Waals surface area (Å²) in [6.07, 6.45) is 4.22. The summed E-state index contributed by atoms with van der Waals surface area (Å²) in [5.41, 5.74) is 0. The molecule has 1 atom stereocenters. The number of nitrogens with one attached hydrogen (secondary N) is 1. The van der Waals surface area contributed by atoms with Crippen LogP contribution in [-0.4, -0.2) is 24.1 Å². The molecule has 2 aromatic rings. The molecule has 1 N–H and O–H groups in total. The first-order valence-electron chi connectivity index (χ1n) is 7.39. The Hall–Kier alpha value is -0.910. The van der Waals surface area contributed by atoms with E-state index in [2.05, 4.69) is 62.3 Å². The van der Waals surface area contributed by atoms with E-state index in [1.165, 1.54) is 21.5 Å². The minimum atomic E-state index is 0.424. The van der Waals surface area contributed by atoms with Crippen molar-refractivity contribution in [1.29, 1.82) is 0 Å². The van der Waals surface area contributed by atoms with E-state index < -0.39 is 0 Å². The summed E-state index contributed by atoms with van der Waals surface area (Å²) in [7, 11) is 0. The Balaban J connectivity index is 1.52. The fourth-order valence-corrected chi connectivity index (χ4v) is 4.25. The smallest absolute Gasteiger partial charge is 0.128 e. The molecule has 1 saturated heterocycles. The van der Waals surface area contributed by atoms with Crippen molar-refractivity contribution in [3.05, 3.63) is 45.2 Å². The summed E-state index contributed by atoms with van der Waals surface area (Å²) < 4.78 is 1.20. The highest BCUT2D eigenvalue weighted by atomic mass is 79.9. The van der Waals surface area contributed by atoms with Crippen LogP contribution in [0.1, 0.15) is 30.7 Å². The van der Waals surface area contributed by atoms with Gasteiger partial charge in [-0.1, -0.05) is 6.07 Å². The van der Waals surface area contributed by atoms with Gasteiger partial charge in [0.15, 0.2) is 0 Å². The van der Waals surface area contributed by atoms with Gasteiger partial charge < -0.3 is 10.2 Å². The first kappa shape index (κ1) is 15.0. The predicted molar refractivity (Wildman–Crippen MR) is 93.0 cm³/mol. The number of halogens is 1. The summed E-state index contributed by atoms with van der Waals surface area (Å²) in [6, 6.07) is 11.5. The molecule has 0 aromatic carbocycles. The fourth-order valence-electron chi connectivity index (χ4n) is 2.81. The van der Waals surface area contributed by atoms with Crippen molar-refractivity contribution in [2.75, 3.05) is 18.0 Å². The molecular formula is C16H20BrN3S. The van der Waals surface area contributed by atoms with Crippen LogP contribution in [0.25, 0.3) is 0 Å². The zero-order valence-corrected chi connectivity index (χ0v) is 14.5. The molecule has 2 aromatic heterocycles. The maximum absolute atomic E-state index is 4.44. The minimum Gasteiger partial charge on any atom is -0.357 e. The summed E-state index contributed by atoms with van der Waals surface area (Å²) in [4.78, 5) is 8.22. The molecule has 0 aliphatic carbocycles. The standard InChI is InChI=1S/C16H20BrN3S/c1-12(14-5-6-15(17)21-14)19-13-7-10-20(11-8-13)16-4-2-3-9-18-16/h2-6,9,12-13,19H,7-8,10-11H2,1H3. The minimum absolute atomic E-state index is 0.424. The lowest BCUT2D eigenvalue weighted by Crippen LogP contribution is -2.43. The van der Waals surface area contributed by atoms with Gasteiger partial charge in [0.05, 0.1) is 3.79 Å². The molecular weight excluding hydrogens is 346 g/mol. The van der Waals surface area contributed by atoms with Gasteiger partial charge in [-0.15, -0.1) is 11.3 Å². The predicted octanol–water partition coefficient (Wildman–Crippen LogP) is 4.23. The third-order valence-electron chi connectivity index (χ3n) is 3.97. The molecule has 5 heteroatoms. The van der Waals surface area contributed by atoms with Gasteiger partial charge in [-0.05, 0) is 60.0 Å². The third-order valence-corrected chi connectivity index (χ3v) is 5.78. The molecule has 3 nitrogen and oxygen atoms in total. The number of hydrogen-bond acceptors (Lipinski definition) is 4. The van der Waals surface area contributed by atoms with Crippen molar-refractivity contribution in [3.8, 4) is 0 Å². The lowest BCUT2D eigenvalue weighted by molar-refractivity contribution is 0.382. The zero-order valence-electron chi connectivity index (χ0n) is 12.1. The van der Waals surface area contributed by atoms with E-state index in [0.29, 0.717) is 12.1 Å². The normalized spacial score (nSPS) is 17.9. The van der Waals surface area contributed by atoms with Crippen molar-refractivity contribution in [1.82, 2.24) is 10.3 Å². The van der Waals surface area contributed by atoms with Crippen molar-refractivity contribution in [2.24, 2.45) is 0 Å². The highest BCUT2D eigenvalue weighted by molar-refractivity contribution is 9.11. The van der Waals surface area contributed by atoms with Crippen LogP contribution in [0.3, 0.4) is 0 Å². The lowest BCUT2D eigenvalue weighted by Gasteiger charge is -2.34. The van der Waals surface area contributed by atoms with Crippen molar-refractivity contribution < 1.29 is 0 Å². The van der Waals surface area contributed by atoms with E-state index in [4.69, 9.17) is 0 Å². The Morgan fingerprint density at radius 2 is 2.10 bits per heavy atom. The molecule has 1 fully saturated rings. The number of thiophene rings is 1. The number of nitrogens with zero attached hydrogens (tertiary/aromatic N) is 2. The summed E-state index contributed by atoms with van der Waals surface area (Å²) >= 11 is 5.35. The first-order valence-corrected chi connectivity index (χ1v) is 9.00. The van der Waals surface area contributed by atoms with E-state index in [1.54, 1.807) is 0 Å². The molecule has 0 saturated carbocycles. The second-order valence-electron chi connectivity index (χ2n) is 5.48. The van der Waals surface area contributed by atoms with Gasteiger partial charge in [-0.2, -0.15) is 0 Å². The molecule has 0 amide bonds. The highest BCUT2D eigenvalue weighted by Gasteiger charge is 2.21. The first-order chi connectivity index (χ1) is 10.2.